The van der Waals surface area contributed by atoms with E-state index in [-0.39, 0.29) is 12.8 Å². The minimum absolute atomic E-state index is 0.128. The standard InChI is InChI=1S/C13H29NO6S2/c1-4-6-8-10-12(21(15,16)17)14(3)13(22(18,19)20)11-9-7-5-2/h12-13H,4-11H2,1-3H3,(H,15,16,17)(H,18,19,20). The SMILES string of the molecule is CCCCCC(N(C)C(CCCCC)S(=O)(=O)O)S(=O)(=O)O. The first kappa shape index (κ1) is 21.8. The zero-order chi connectivity index (χ0) is 17.4. The van der Waals surface area contributed by atoms with Crippen molar-refractivity contribution < 1.29 is 25.9 Å². The fourth-order valence-electron chi connectivity index (χ4n) is 2.45. The molecule has 0 aliphatic rings. The Morgan fingerprint density at radius 2 is 1.09 bits per heavy atom. The van der Waals surface area contributed by atoms with Crippen molar-refractivity contribution in [2.75, 3.05) is 7.05 Å². The van der Waals surface area contributed by atoms with Gasteiger partial charge >= 0.3 is 0 Å². The van der Waals surface area contributed by atoms with Crippen LogP contribution in [0.15, 0.2) is 0 Å². The van der Waals surface area contributed by atoms with E-state index in [1.165, 1.54) is 7.05 Å². The third kappa shape index (κ3) is 7.87. The summed E-state index contributed by atoms with van der Waals surface area (Å²) in [5, 5.41) is -2.65. The molecule has 0 aromatic carbocycles. The minimum atomic E-state index is -4.43. The van der Waals surface area contributed by atoms with Gasteiger partial charge in [-0.05, 0) is 19.9 Å². The molecule has 2 atom stereocenters. The molecule has 0 rings (SSSR count). The lowest BCUT2D eigenvalue weighted by atomic mass is 10.1. The Morgan fingerprint density at radius 1 is 0.773 bits per heavy atom. The van der Waals surface area contributed by atoms with Crippen LogP contribution < -0.4 is 0 Å². The highest BCUT2D eigenvalue weighted by Gasteiger charge is 2.37. The summed E-state index contributed by atoms with van der Waals surface area (Å²) in [6.07, 6.45) is 4.68. The third-order valence-electron chi connectivity index (χ3n) is 3.71. The summed E-state index contributed by atoms with van der Waals surface area (Å²) in [6.45, 7) is 3.91. The first-order valence-electron chi connectivity index (χ1n) is 7.70. The Hall–Kier alpha value is -0.220. The van der Waals surface area contributed by atoms with E-state index in [1.807, 2.05) is 13.8 Å². The molecule has 0 radical (unpaired) electrons. The van der Waals surface area contributed by atoms with Crippen molar-refractivity contribution in [3.63, 3.8) is 0 Å². The first-order chi connectivity index (χ1) is 10.1. The van der Waals surface area contributed by atoms with Gasteiger partial charge in [0, 0.05) is 0 Å². The van der Waals surface area contributed by atoms with E-state index in [2.05, 4.69) is 0 Å². The molecule has 2 N–H and O–H groups in total. The lowest BCUT2D eigenvalue weighted by Gasteiger charge is -2.31. The largest absolute Gasteiger partial charge is 0.284 e. The van der Waals surface area contributed by atoms with Crippen molar-refractivity contribution in [3.8, 4) is 0 Å². The van der Waals surface area contributed by atoms with E-state index in [0.29, 0.717) is 12.8 Å². The van der Waals surface area contributed by atoms with Gasteiger partial charge in [-0.15, -0.1) is 0 Å². The average molecular weight is 360 g/mol. The molecular weight excluding hydrogens is 330 g/mol. The molecule has 0 bridgehead atoms. The van der Waals surface area contributed by atoms with Gasteiger partial charge in [0.2, 0.25) is 0 Å². The average Bonchev–Trinajstić information content (AvgIpc) is 2.36. The molecule has 0 saturated carbocycles. The Balaban J connectivity index is 5.21. The van der Waals surface area contributed by atoms with Crippen molar-refractivity contribution in [1.82, 2.24) is 4.90 Å². The number of unbranched alkanes of at least 4 members (excludes halogenated alkanes) is 4. The smallest absolute Gasteiger partial charge is 0.281 e. The molecule has 0 amide bonds. The highest BCUT2D eigenvalue weighted by Crippen LogP contribution is 2.22. The molecule has 0 aliphatic carbocycles. The highest BCUT2D eigenvalue weighted by molar-refractivity contribution is 7.87. The van der Waals surface area contributed by atoms with Crippen molar-refractivity contribution in [2.24, 2.45) is 0 Å². The van der Waals surface area contributed by atoms with Gasteiger partial charge in [0.15, 0.2) is 0 Å². The molecule has 9 heteroatoms. The molecule has 22 heavy (non-hydrogen) atoms. The van der Waals surface area contributed by atoms with Crippen molar-refractivity contribution in [2.45, 2.75) is 76.0 Å². The predicted octanol–water partition coefficient (Wildman–Crippen LogP) is 2.51. The van der Waals surface area contributed by atoms with E-state index in [1.54, 1.807) is 0 Å². The topological polar surface area (TPSA) is 112 Å². The van der Waals surface area contributed by atoms with Gasteiger partial charge in [-0.2, -0.15) is 16.8 Å². The van der Waals surface area contributed by atoms with E-state index in [0.717, 1.165) is 30.6 Å². The zero-order valence-electron chi connectivity index (χ0n) is 13.6. The van der Waals surface area contributed by atoms with Crippen LogP contribution in [0.3, 0.4) is 0 Å². The lowest BCUT2D eigenvalue weighted by molar-refractivity contribution is 0.226. The van der Waals surface area contributed by atoms with Crippen molar-refractivity contribution in [3.05, 3.63) is 0 Å². The van der Waals surface area contributed by atoms with Crippen LogP contribution in [0.1, 0.15) is 65.2 Å². The molecule has 134 valence electrons. The first-order valence-corrected chi connectivity index (χ1v) is 10.7. The van der Waals surface area contributed by atoms with Crippen LogP contribution in [0.4, 0.5) is 0 Å². The molecule has 0 fully saturated rings. The maximum atomic E-state index is 11.6. The lowest BCUT2D eigenvalue weighted by Crippen LogP contribution is -2.48. The van der Waals surface area contributed by atoms with Crippen LogP contribution in [0, 0.1) is 0 Å². The fraction of sp³-hybridized carbons (Fsp3) is 1.00. The summed E-state index contributed by atoms with van der Waals surface area (Å²) in [4.78, 5) is 1.07. The van der Waals surface area contributed by atoms with Crippen LogP contribution in [-0.2, 0) is 20.2 Å². The van der Waals surface area contributed by atoms with Crippen LogP contribution in [-0.4, -0.2) is 48.6 Å². The number of rotatable bonds is 12. The van der Waals surface area contributed by atoms with Gasteiger partial charge in [0.25, 0.3) is 20.2 Å². The van der Waals surface area contributed by atoms with Gasteiger partial charge in [-0.3, -0.25) is 14.0 Å². The van der Waals surface area contributed by atoms with E-state index in [4.69, 9.17) is 0 Å². The van der Waals surface area contributed by atoms with Crippen molar-refractivity contribution in [1.29, 1.82) is 0 Å². The molecule has 0 heterocycles. The molecule has 0 aromatic rings. The second-order valence-corrected chi connectivity index (χ2v) is 8.74. The second kappa shape index (κ2) is 9.82. The van der Waals surface area contributed by atoms with Gasteiger partial charge in [0.05, 0.1) is 0 Å². The summed E-state index contributed by atoms with van der Waals surface area (Å²) in [7, 11) is -7.55. The Labute approximate surface area is 134 Å². The van der Waals surface area contributed by atoms with Crippen molar-refractivity contribution >= 4 is 20.2 Å². The van der Waals surface area contributed by atoms with Crippen LogP contribution in [0.5, 0.6) is 0 Å². The summed E-state index contributed by atoms with van der Waals surface area (Å²) in [6, 6.07) is 0. The van der Waals surface area contributed by atoms with Gasteiger partial charge in [-0.25, -0.2) is 0 Å². The minimum Gasteiger partial charge on any atom is -0.284 e. The summed E-state index contributed by atoms with van der Waals surface area (Å²) >= 11 is 0. The molecule has 0 aromatic heterocycles. The number of hydrogen-bond acceptors (Lipinski definition) is 5. The molecule has 0 saturated heterocycles. The molecule has 2 unspecified atom stereocenters. The van der Waals surface area contributed by atoms with Gasteiger partial charge < -0.3 is 0 Å². The highest BCUT2D eigenvalue weighted by atomic mass is 32.2. The van der Waals surface area contributed by atoms with Crippen LogP contribution >= 0.6 is 0 Å². The predicted molar refractivity (Wildman–Crippen MR) is 86.7 cm³/mol. The summed E-state index contributed by atoms with van der Waals surface area (Å²) in [5.74, 6) is 0. The summed E-state index contributed by atoms with van der Waals surface area (Å²) < 4.78 is 65.0. The van der Waals surface area contributed by atoms with E-state index >= 15 is 0 Å². The molecular formula is C13H29NO6S2. The normalized spacial score (nSPS) is 15.9. The molecule has 7 nitrogen and oxygen atoms in total. The molecule has 0 aliphatic heterocycles. The zero-order valence-corrected chi connectivity index (χ0v) is 15.2. The van der Waals surface area contributed by atoms with Crippen LogP contribution in [0.25, 0.3) is 0 Å². The second-order valence-electron chi connectivity index (χ2n) is 5.60. The Morgan fingerprint density at radius 3 is 1.32 bits per heavy atom. The summed E-state index contributed by atoms with van der Waals surface area (Å²) in [5.41, 5.74) is 0. The quantitative estimate of drug-likeness (QED) is 0.406. The maximum Gasteiger partial charge on any atom is 0.281 e. The molecule has 0 spiro atoms. The maximum absolute atomic E-state index is 11.6. The van der Waals surface area contributed by atoms with Crippen LogP contribution in [0.2, 0.25) is 0 Å². The van der Waals surface area contributed by atoms with Gasteiger partial charge in [-0.1, -0.05) is 52.4 Å². The Kier molecular flexibility index (Phi) is 9.72. The van der Waals surface area contributed by atoms with E-state index < -0.39 is 31.0 Å². The number of nitrogens with zero attached hydrogens (tertiary/aromatic N) is 1. The van der Waals surface area contributed by atoms with E-state index in [9.17, 15) is 25.9 Å². The number of hydrogen-bond donors (Lipinski definition) is 2. The fourth-order valence-corrected chi connectivity index (χ4v) is 4.59. The van der Waals surface area contributed by atoms with Gasteiger partial charge in [0.1, 0.15) is 10.7 Å². The third-order valence-corrected chi connectivity index (χ3v) is 6.22. The Bertz CT molecular complexity index is 457. The monoisotopic (exact) mass is 359 g/mol.